The van der Waals surface area contributed by atoms with Gasteiger partial charge < -0.3 is 42.1 Å². The van der Waals surface area contributed by atoms with Crippen LogP contribution in [0.4, 0.5) is 0 Å². The van der Waals surface area contributed by atoms with E-state index in [0.29, 0.717) is 11.1 Å². The highest BCUT2D eigenvalue weighted by molar-refractivity contribution is 5.94. The van der Waals surface area contributed by atoms with Crippen molar-refractivity contribution >= 4 is 23.7 Å². The zero-order valence-electron chi connectivity index (χ0n) is 19.5. The van der Waals surface area contributed by atoms with E-state index in [9.17, 15) is 34.5 Å². The first-order chi connectivity index (χ1) is 17.0. The molecule has 0 aliphatic rings. The number of hydrogen-bond acceptors (Lipinski definition) is 8. The van der Waals surface area contributed by atoms with Crippen molar-refractivity contribution in [1.82, 2.24) is 16.0 Å². The standard InChI is InChI=1S/C24H30N4O8/c1-13(21(32)28-20(24(35)36)11-15-4-8-17(31)9-5-15)26-23(34)19(27-22(33)18(25)12-29)10-14-2-6-16(30)7-3-14/h2-9,13,18-20,29-31H,10-12,25H2,1H3,(H,26,34)(H,27,33)(H,28,32)(H,35,36). The fourth-order valence-electron chi connectivity index (χ4n) is 3.18. The van der Waals surface area contributed by atoms with Gasteiger partial charge in [-0.3, -0.25) is 14.4 Å². The van der Waals surface area contributed by atoms with E-state index in [0.717, 1.165) is 0 Å². The van der Waals surface area contributed by atoms with Gasteiger partial charge in [0, 0.05) is 12.8 Å². The summed E-state index contributed by atoms with van der Waals surface area (Å²) in [6, 6.07) is 6.83. The van der Waals surface area contributed by atoms with Gasteiger partial charge in [0.15, 0.2) is 0 Å². The molecule has 4 atom stereocenters. The number of aliphatic hydroxyl groups is 1. The first-order valence-corrected chi connectivity index (χ1v) is 11.1. The molecule has 2 aromatic rings. The highest BCUT2D eigenvalue weighted by atomic mass is 16.4. The Morgan fingerprint density at radius 2 is 1.19 bits per heavy atom. The molecule has 0 spiro atoms. The Kier molecular flexibility index (Phi) is 10.2. The number of nitrogens with one attached hydrogen (secondary N) is 3. The van der Waals surface area contributed by atoms with Gasteiger partial charge in [0.2, 0.25) is 17.7 Å². The van der Waals surface area contributed by atoms with Crippen molar-refractivity contribution in [3.05, 3.63) is 59.7 Å². The van der Waals surface area contributed by atoms with E-state index >= 15 is 0 Å². The molecule has 2 aromatic carbocycles. The van der Waals surface area contributed by atoms with Crippen LogP contribution in [0, 0.1) is 0 Å². The molecule has 12 heteroatoms. The Hall–Kier alpha value is -4.16. The molecule has 12 nitrogen and oxygen atoms in total. The Morgan fingerprint density at radius 3 is 1.64 bits per heavy atom. The Bertz CT molecular complexity index is 1060. The highest BCUT2D eigenvalue weighted by Gasteiger charge is 2.28. The third kappa shape index (κ3) is 8.56. The lowest BCUT2D eigenvalue weighted by atomic mass is 10.0. The number of amides is 3. The molecule has 36 heavy (non-hydrogen) atoms. The molecule has 0 radical (unpaired) electrons. The van der Waals surface area contributed by atoms with Crippen LogP contribution in [0.1, 0.15) is 18.1 Å². The van der Waals surface area contributed by atoms with E-state index in [1.165, 1.54) is 43.3 Å². The summed E-state index contributed by atoms with van der Waals surface area (Å²) in [6.07, 6.45) is -0.0659. The van der Waals surface area contributed by atoms with Crippen LogP contribution in [0.15, 0.2) is 48.5 Å². The summed E-state index contributed by atoms with van der Waals surface area (Å²) in [7, 11) is 0. The van der Waals surface area contributed by atoms with Crippen molar-refractivity contribution in [3.63, 3.8) is 0 Å². The summed E-state index contributed by atoms with van der Waals surface area (Å²) < 4.78 is 0. The van der Waals surface area contributed by atoms with Gasteiger partial charge in [-0.05, 0) is 42.3 Å². The average molecular weight is 503 g/mol. The molecule has 0 aliphatic carbocycles. The van der Waals surface area contributed by atoms with E-state index in [-0.39, 0.29) is 24.3 Å². The van der Waals surface area contributed by atoms with Crippen LogP contribution in [0.2, 0.25) is 0 Å². The normalized spacial score (nSPS) is 14.1. The van der Waals surface area contributed by atoms with Gasteiger partial charge in [-0.25, -0.2) is 4.79 Å². The van der Waals surface area contributed by atoms with Gasteiger partial charge in [-0.15, -0.1) is 0 Å². The van der Waals surface area contributed by atoms with Gasteiger partial charge in [-0.1, -0.05) is 24.3 Å². The van der Waals surface area contributed by atoms with Crippen molar-refractivity contribution in [1.29, 1.82) is 0 Å². The minimum Gasteiger partial charge on any atom is -0.508 e. The third-order valence-corrected chi connectivity index (χ3v) is 5.29. The Labute approximate surface area is 207 Å². The number of rotatable bonds is 12. The molecular weight excluding hydrogens is 472 g/mol. The molecule has 0 aromatic heterocycles. The first kappa shape index (κ1) is 28.1. The van der Waals surface area contributed by atoms with E-state index < -0.39 is 54.5 Å². The predicted molar refractivity (Wildman–Crippen MR) is 128 cm³/mol. The Morgan fingerprint density at radius 1 is 0.750 bits per heavy atom. The van der Waals surface area contributed by atoms with Crippen LogP contribution in [0.3, 0.4) is 0 Å². The predicted octanol–water partition coefficient (Wildman–Crippen LogP) is -1.24. The van der Waals surface area contributed by atoms with E-state index in [2.05, 4.69) is 16.0 Å². The largest absolute Gasteiger partial charge is 0.508 e. The second kappa shape index (κ2) is 13.1. The molecular formula is C24H30N4O8. The average Bonchev–Trinajstić information content (AvgIpc) is 2.84. The van der Waals surface area contributed by atoms with Crippen LogP contribution in [-0.4, -0.2) is 74.9 Å². The molecule has 0 saturated carbocycles. The van der Waals surface area contributed by atoms with Crippen molar-refractivity contribution in [3.8, 4) is 11.5 Å². The monoisotopic (exact) mass is 502 g/mol. The van der Waals surface area contributed by atoms with Crippen LogP contribution in [0.25, 0.3) is 0 Å². The lowest BCUT2D eigenvalue weighted by molar-refractivity contribution is -0.142. The van der Waals surface area contributed by atoms with Gasteiger partial charge in [0.25, 0.3) is 0 Å². The number of carboxylic acids is 1. The van der Waals surface area contributed by atoms with Gasteiger partial charge in [-0.2, -0.15) is 0 Å². The summed E-state index contributed by atoms with van der Waals surface area (Å²) in [6.45, 7) is 0.710. The molecule has 3 amide bonds. The zero-order chi connectivity index (χ0) is 26.8. The molecule has 194 valence electrons. The fraction of sp³-hybridized carbons (Fsp3) is 0.333. The maximum Gasteiger partial charge on any atom is 0.326 e. The van der Waals surface area contributed by atoms with Crippen LogP contribution in [0.5, 0.6) is 11.5 Å². The van der Waals surface area contributed by atoms with Gasteiger partial charge >= 0.3 is 5.97 Å². The molecule has 0 fully saturated rings. The van der Waals surface area contributed by atoms with Crippen molar-refractivity contribution in [2.45, 2.75) is 43.9 Å². The number of aromatic hydroxyl groups is 2. The molecule has 4 unspecified atom stereocenters. The number of aliphatic hydroxyl groups excluding tert-OH is 1. The minimum atomic E-state index is -1.29. The highest BCUT2D eigenvalue weighted by Crippen LogP contribution is 2.13. The van der Waals surface area contributed by atoms with E-state index in [1.807, 2.05) is 0 Å². The minimum absolute atomic E-state index is 0.0108. The number of benzene rings is 2. The summed E-state index contributed by atoms with van der Waals surface area (Å²) >= 11 is 0. The number of nitrogens with two attached hydrogens (primary N) is 1. The number of hydrogen-bond donors (Lipinski definition) is 8. The van der Waals surface area contributed by atoms with E-state index in [1.54, 1.807) is 12.1 Å². The molecule has 0 heterocycles. The van der Waals surface area contributed by atoms with Gasteiger partial charge in [0.05, 0.1) is 6.61 Å². The second-order valence-corrected chi connectivity index (χ2v) is 8.22. The van der Waals surface area contributed by atoms with Crippen LogP contribution in [-0.2, 0) is 32.0 Å². The number of phenols is 2. The number of aliphatic carboxylic acids is 1. The first-order valence-electron chi connectivity index (χ1n) is 11.1. The summed E-state index contributed by atoms with van der Waals surface area (Å²) in [5.41, 5.74) is 6.67. The van der Waals surface area contributed by atoms with E-state index in [4.69, 9.17) is 10.8 Å². The molecule has 9 N–H and O–H groups in total. The zero-order valence-corrected chi connectivity index (χ0v) is 19.5. The van der Waals surface area contributed by atoms with Gasteiger partial charge in [0.1, 0.15) is 35.7 Å². The van der Waals surface area contributed by atoms with Crippen LogP contribution < -0.4 is 21.7 Å². The SMILES string of the molecule is CC(NC(=O)C(Cc1ccc(O)cc1)NC(=O)C(N)CO)C(=O)NC(Cc1ccc(O)cc1)C(=O)O. The lowest BCUT2D eigenvalue weighted by Gasteiger charge is -2.23. The summed E-state index contributed by atoms with van der Waals surface area (Å²) in [4.78, 5) is 49.4. The van der Waals surface area contributed by atoms with Crippen molar-refractivity contribution in [2.24, 2.45) is 5.73 Å². The summed E-state index contributed by atoms with van der Waals surface area (Å²) in [5, 5.41) is 44.7. The van der Waals surface area contributed by atoms with Crippen molar-refractivity contribution < 1.29 is 39.6 Å². The number of phenolic OH excluding ortho intramolecular Hbond substituents is 2. The molecule has 0 bridgehead atoms. The quantitative estimate of drug-likeness (QED) is 0.174. The third-order valence-electron chi connectivity index (χ3n) is 5.29. The molecule has 0 aliphatic heterocycles. The number of carboxylic acid groups (broad SMARTS) is 1. The molecule has 0 saturated heterocycles. The van der Waals surface area contributed by atoms with Crippen LogP contribution >= 0.6 is 0 Å². The topological polar surface area (TPSA) is 211 Å². The maximum atomic E-state index is 12.9. The lowest BCUT2D eigenvalue weighted by Crippen LogP contribution is -2.57. The fourth-order valence-corrected chi connectivity index (χ4v) is 3.18. The maximum absolute atomic E-state index is 12.9. The Balaban J connectivity index is 2.08. The number of carbonyl (C=O) groups is 4. The second-order valence-electron chi connectivity index (χ2n) is 8.22. The number of carbonyl (C=O) groups excluding carboxylic acids is 3. The van der Waals surface area contributed by atoms with Crippen molar-refractivity contribution in [2.75, 3.05) is 6.61 Å². The smallest absolute Gasteiger partial charge is 0.326 e. The molecule has 2 rings (SSSR count). The summed E-state index contributed by atoms with van der Waals surface area (Å²) in [5.74, 6) is -3.55.